The van der Waals surface area contributed by atoms with Gasteiger partial charge >= 0.3 is 0 Å². The summed E-state index contributed by atoms with van der Waals surface area (Å²) in [6, 6.07) is 17.6. The van der Waals surface area contributed by atoms with Crippen molar-refractivity contribution < 1.29 is 19.4 Å². The summed E-state index contributed by atoms with van der Waals surface area (Å²) >= 11 is 5.11. The van der Waals surface area contributed by atoms with Gasteiger partial charge in [0, 0.05) is 35.5 Å². The number of rotatable bonds is 6. The van der Waals surface area contributed by atoms with E-state index in [1.807, 2.05) is 0 Å². The molecule has 3 N–H and O–H groups in total. The van der Waals surface area contributed by atoms with Crippen LogP contribution in [0.15, 0.2) is 72.8 Å². The summed E-state index contributed by atoms with van der Waals surface area (Å²) in [5, 5.41) is 24.4. The fourth-order valence-corrected chi connectivity index (χ4v) is 2.66. The minimum atomic E-state index is -0.593. The predicted octanol–water partition coefficient (Wildman–Crippen LogP) is 3.93. The van der Waals surface area contributed by atoms with Crippen LogP contribution in [0, 0.1) is 20.2 Å². The summed E-state index contributed by atoms with van der Waals surface area (Å²) in [7, 11) is 0. The van der Waals surface area contributed by atoms with Crippen molar-refractivity contribution in [3.63, 3.8) is 0 Å². The number of ether oxygens (including phenoxy) is 1. The molecule has 0 aliphatic rings. The van der Waals surface area contributed by atoms with E-state index >= 15 is 0 Å². The van der Waals surface area contributed by atoms with E-state index in [-0.39, 0.29) is 22.1 Å². The van der Waals surface area contributed by atoms with E-state index in [9.17, 15) is 25.0 Å². The Bertz CT molecular complexity index is 1170. The van der Waals surface area contributed by atoms with Crippen molar-refractivity contribution in [3.05, 3.63) is 98.6 Å². The summed E-state index contributed by atoms with van der Waals surface area (Å²) in [6.45, 7) is 0. The maximum atomic E-state index is 12.1. The summed E-state index contributed by atoms with van der Waals surface area (Å²) in [6.07, 6.45) is 0. The first-order chi connectivity index (χ1) is 15.3. The topological polar surface area (TPSA) is 149 Å². The Kier molecular flexibility index (Phi) is 6.88. The minimum absolute atomic E-state index is 0.0320. The van der Waals surface area contributed by atoms with Gasteiger partial charge in [0.05, 0.1) is 9.85 Å². The van der Waals surface area contributed by atoms with Crippen LogP contribution in [0.25, 0.3) is 0 Å². The highest BCUT2D eigenvalue weighted by Gasteiger charge is 2.11. The van der Waals surface area contributed by atoms with Crippen LogP contribution in [0.3, 0.4) is 0 Å². The number of carbonyl (C=O) groups excluding carboxylic acids is 1. The van der Waals surface area contributed by atoms with E-state index in [1.54, 1.807) is 24.3 Å². The first kappa shape index (κ1) is 22.1. The molecule has 0 radical (unpaired) electrons. The van der Waals surface area contributed by atoms with Gasteiger partial charge in [0.15, 0.2) is 5.11 Å². The zero-order valence-corrected chi connectivity index (χ0v) is 17.0. The third-order valence-corrected chi connectivity index (χ3v) is 4.21. The van der Waals surface area contributed by atoms with Gasteiger partial charge in [-0.25, -0.2) is 0 Å². The van der Waals surface area contributed by atoms with Crippen LogP contribution in [0.2, 0.25) is 0 Å². The van der Waals surface area contributed by atoms with Crippen LogP contribution in [0.5, 0.6) is 11.5 Å². The number of thiocarbonyl (C=S) groups is 1. The van der Waals surface area contributed by atoms with Gasteiger partial charge in [0.25, 0.3) is 17.3 Å². The number of nitro benzene ring substituents is 2. The number of nitrogens with one attached hydrogen (secondary N) is 3. The van der Waals surface area contributed by atoms with Crippen LogP contribution in [-0.4, -0.2) is 20.9 Å². The molecule has 162 valence electrons. The number of hydrazine groups is 1. The van der Waals surface area contributed by atoms with Gasteiger partial charge in [-0.1, -0.05) is 6.07 Å². The van der Waals surface area contributed by atoms with Gasteiger partial charge in [0.2, 0.25) is 0 Å². The molecule has 0 unspecified atom stereocenters. The van der Waals surface area contributed by atoms with Gasteiger partial charge in [-0.3, -0.25) is 35.9 Å². The summed E-state index contributed by atoms with van der Waals surface area (Å²) in [5.74, 6) is 0.351. The summed E-state index contributed by atoms with van der Waals surface area (Å²) in [4.78, 5) is 32.5. The van der Waals surface area contributed by atoms with Gasteiger partial charge in [-0.15, -0.1) is 0 Å². The molecule has 3 aromatic carbocycles. The molecule has 0 bridgehead atoms. The Morgan fingerprint density at radius 2 is 1.41 bits per heavy atom. The number of nitrogens with zero attached hydrogens (tertiary/aromatic N) is 2. The minimum Gasteiger partial charge on any atom is -0.457 e. The zero-order valence-electron chi connectivity index (χ0n) is 16.2. The van der Waals surface area contributed by atoms with E-state index in [0.29, 0.717) is 17.2 Å². The number of nitro groups is 2. The highest BCUT2D eigenvalue weighted by molar-refractivity contribution is 7.80. The van der Waals surface area contributed by atoms with Crippen molar-refractivity contribution in [3.8, 4) is 11.5 Å². The molecule has 12 heteroatoms. The molecule has 11 nitrogen and oxygen atoms in total. The normalized spacial score (nSPS) is 10.0. The highest BCUT2D eigenvalue weighted by Crippen LogP contribution is 2.25. The monoisotopic (exact) mass is 453 g/mol. The molecule has 3 aromatic rings. The molecule has 32 heavy (non-hydrogen) atoms. The Morgan fingerprint density at radius 1 is 0.812 bits per heavy atom. The molecule has 0 saturated carbocycles. The second-order valence-electron chi connectivity index (χ2n) is 6.22. The Hall–Kier alpha value is -4.58. The fraction of sp³-hybridized carbons (Fsp3) is 0. The number of non-ortho nitro benzene ring substituents is 2. The first-order valence-corrected chi connectivity index (χ1v) is 9.37. The van der Waals surface area contributed by atoms with E-state index in [1.165, 1.54) is 42.5 Å². The lowest BCUT2D eigenvalue weighted by atomic mass is 10.2. The van der Waals surface area contributed by atoms with E-state index < -0.39 is 15.8 Å². The van der Waals surface area contributed by atoms with E-state index in [0.717, 1.165) is 6.07 Å². The number of hydrogen-bond donors (Lipinski definition) is 3. The van der Waals surface area contributed by atoms with E-state index in [2.05, 4.69) is 16.2 Å². The molecule has 0 spiro atoms. The van der Waals surface area contributed by atoms with Crippen molar-refractivity contribution >= 4 is 40.3 Å². The van der Waals surface area contributed by atoms with Crippen molar-refractivity contribution in [1.82, 2.24) is 10.9 Å². The lowest BCUT2D eigenvalue weighted by molar-refractivity contribution is -0.385. The second-order valence-corrected chi connectivity index (χ2v) is 6.63. The van der Waals surface area contributed by atoms with Crippen molar-refractivity contribution in [1.29, 1.82) is 0 Å². The van der Waals surface area contributed by atoms with E-state index in [4.69, 9.17) is 17.0 Å². The quantitative estimate of drug-likeness (QED) is 0.287. The molecular weight excluding hydrogens is 438 g/mol. The van der Waals surface area contributed by atoms with Crippen LogP contribution >= 0.6 is 12.2 Å². The van der Waals surface area contributed by atoms with Crippen molar-refractivity contribution in [2.24, 2.45) is 0 Å². The molecule has 0 fully saturated rings. The molecule has 3 rings (SSSR count). The maximum absolute atomic E-state index is 12.1. The second kappa shape index (κ2) is 9.95. The van der Waals surface area contributed by atoms with Crippen LogP contribution < -0.4 is 20.9 Å². The molecule has 0 heterocycles. The van der Waals surface area contributed by atoms with Crippen molar-refractivity contribution in [2.75, 3.05) is 5.32 Å². The van der Waals surface area contributed by atoms with Crippen LogP contribution in [0.1, 0.15) is 10.4 Å². The smallest absolute Gasteiger partial charge is 0.270 e. The van der Waals surface area contributed by atoms with Crippen molar-refractivity contribution in [2.45, 2.75) is 0 Å². The average molecular weight is 453 g/mol. The lowest BCUT2D eigenvalue weighted by Gasteiger charge is -2.12. The maximum Gasteiger partial charge on any atom is 0.270 e. The lowest BCUT2D eigenvalue weighted by Crippen LogP contribution is -2.43. The molecule has 0 aliphatic carbocycles. The van der Waals surface area contributed by atoms with Crippen LogP contribution in [0.4, 0.5) is 17.1 Å². The average Bonchev–Trinajstić information content (AvgIpc) is 2.79. The zero-order chi connectivity index (χ0) is 23.1. The Labute approximate surface area is 186 Å². The molecule has 0 aliphatic heterocycles. The summed E-state index contributed by atoms with van der Waals surface area (Å²) in [5.41, 5.74) is 5.33. The number of benzene rings is 3. The fourth-order valence-electron chi connectivity index (χ4n) is 2.49. The molecule has 0 saturated heterocycles. The van der Waals surface area contributed by atoms with Gasteiger partial charge in [-0.05, 0) is 54.7 Å². The standard InChI is InChI=1S/C20H15N5O6S/c26-19(13-2-1-3-16(12-13)25(29)30)22-23-20(32)21-14-4-8-17(9-5-14)31-18-10-6-15(7-11-18)24(27)28/h1-12H,(H,22,26)(H2,21,23,32). The van der Waals surface area contributed by atoms with Gasteiger partial charge in [0.1, 0.15) is 11.5 Å². The molecule has 0 atom stereocenters. The molecule has 1 amide bonds. The number of hydrogen-bond acceptors (Lipinski definition) is 7. The number of carbonyl (C=O) groups is 1. The molecular formula is C20H15N5O6S. The third-order valence-electron chi connectivity index (χ3n) is 4.00. The third kappa shape index (κ3) is 5.96. The largest absolute Gasteiger partial charge is 0.457 e. The molecule has 0 aromatic heterocycles. The number of amides is 1. The SMILES string of the molecule is O=C(NNC(=S)Nc1ccc(Oc2ccc([N+](=O)[O-])cc2)cc1)c1cccc([N+](=O)[O-])c1. The highest BCUT2D eigenvalue weighted by atomic mass is 32.1. The first-order valence-electron chi connectivity index (χ1n) is 8.96. The Balaban J connectivity index is 1.51. The van der Waals surface area contributed by atoms with Gasteiger partial charge in [-0.2, -0.15) is 0 Å². The number of anilines is 1. The van der Waals surface area contributed by atoms with Crippen LogP contribution in [-0.2, 0) is 0 Å². The predicted molar refractivity (Wildman–Crippen MR) is 120 cm³/mol. The Morgan fingerprint density at radius 3 is 2.00 bits per heavy atom. The van der Waals surface area contributed by atoms with Gasteiger partial charge < -0.3 is 10.1 Å². The summed E-state index contributed by atoms with van der Waals surface area (Å²) < 4.78 is 5.62.